The van der Waals surface area contributed by atoms with E-state index in [0.717, 1.165) is 4.57 Å². The van der Waals surface area contributed by atoms with Crippen LogP contribution >= 0.6 is 8.25 Å². The number of ether oxygens (including phenoxy) is 5. The van der Waals surface area contributed by atoms with Crippen molar-refractivity contribution in [3.63, 3.8) is 0 Å². The maximum atomic E-state index is 12.4. The Balaban J connectivity index is 2.04. The number of H-pyrrole nitrogens is 1. The van der Waals surface area contributed by atoms with Gasteiger partial charge in [0.1, 0.15) is 6.61 Å². The smallest absolute Gasteiger partial charge is 0.431 e. The van der Waals surface area contributed by atoms with Gasteiger partial charge >= 0.3 is 32.7 Å². The zero-order valence-corrected chi connectivity index (χ0v) is 21.2. The highest BCUT2D eigenvalue weighted by molar-refractivity contribution is 7.33. The van der Waals surface area contributed by atoms with Crippen LogP contribution in [0.15, 0.2) is 27.9 Å². The minimum atomic E-state index is -3.51. The molecule has 0 saturated carbocycles. The lowest BCUT2D eigenvalue weighted by molar-refractivity contribution is -0.207. The second-order valence-electron chi connectivity index (χ2n) is 7.89. The first-order valence-corrected chi connectivity index (χ1v) is 11.8. The van der Waals surface area contributed by atoms with Crippen LogP contribution in [0.2, 0.25) is 0 Å². The van der Waals surface area contributed by atoms with Crippen LogP contribution in [0, 0.1) is 19.3 Å². The van der Waals surface area contributed by atoms with Crippen molar-refractivity contribution in [3.8, 4) is 12.3 Å². The second kappa shape index (κ2) is 12.5. The van der Waals surface area contributed by atoms with E-state index >= 15 is 0 Å². The number of aryl methyl sites for hydroxylation is 1. The fraction of sp³-hybridized carbons (Fsp3) is 0.524. The van der Waals surface area contributed by atoms with Crippen molar-refractivity contribution in [2.24, 2.45) is 0 Å². The normalized spacial score (nSPS) is 19.8. The molecule has 3 atom stereocenters. The zero-order valence-electron chi connectivity index (χ0n) is 20.2. The summed E-state index contributed by atoms with van der Waals surface area (Å²) in [4.78, 5) is 49.4. The van der Waals surface area contributed by atoms with Gasteiger partial charge in [-0.05, 0) is 46.8 Å². The summed E-state index contributed by atoms with van der Waals surface area (Å²) in [5, 5.41) is 0. The van der Waals surface area contributed by atoms with Gasteiger partial charge in [0.25, 0.3) is 5.56 Å². The van der Waals surface area contributed by atoms with Gasteiger partial charge in [-0.15, -0.1) is 6.42 Å². The van der Waals surface area contributed by atoms with Gasteiger partial charge in [0.15, 0.2) is 11.8 Å². The van der Waals surface area contributed by atoms with Crippen LogP contribution in [0.3, 0.4) is 0 Å². The topological polar surface area (TPSA) is 171 Å². The number of carbonyl (C=O) groups is 2. The van der Waals surface area contributed by atoms with Crippen molar-refractivity contribution >= 4 is 20.6 Å². The summed E-state index contributed by atoms with van der Waals surface area (Å²) >= 11 is 0. The Labute approximate surface area is 206 Å². The molecule has 14 nitrogen and oxygen atoms in total. The number of nitrogens with zero attached hydrogens (tertiary/aromatic N) is 1. The Kier molecular flexibility index (Phi) is 10.1. The third-order valence-electron chi connectivity index (χ3n) is 4.17. The van der Waals surface area contributed by atoms with Crippen molar-refractivity contribution in [3.05, 3.63) is 44.8 Å². The number of rotatable bonds is 10. The minimum absolute atomic E-state index is 0.262. The molecule has 2 heterocycles. The molecule has 15 heteroatoms. The summed E-state index contributed by atoms with van der Waals surface area (Å²) in [6, 6.07) is 0. The molecule has 0 aliphatic carbocycles. The zero-order chi connectivity index (χ0) is 27.0. The Hall–Kier alpha value is -3.37. The fourth-order valence-electron chi connectivity index (χ4n) is 2.61. The van der Waals surface area contributed by atoms with Crippen LogP contribution in [0.1, 0.15) is 39.5 Å². The number of nitrogens with one attached hydrogen (secondary N) is 1. The lowest BCUT2D eigenvalue weighted by Crippen LogP contribution is -2.37. The molecule has 1 aliphatic heterocycles. The third kappa shape index (κ3) is 8.39. The molecule has 0 spiro atoms. The molecule has 0 bridgehead atoms. The maximum Gasteiger partial charge on any atom is 0.513 e. The minimum Gasteiger partial charge on any atom is -0.431 e. The van der Waals surface area contributed by atoms with Crippen molar-refractivity contribution in [2.75, 3.05) is 6.61 Å². The Morgan fingerprint density at radius 2 is 1.75 bits per heavy atom. The van der Waals surface area contributed by atoms with Crippen LogP contribution in [0.25, 0.3) is 0 Å². The molecule has 1 aromatic heterocycles. The average molecular weight is 530 g/mol. The molecule has 1 N–H and O–H groups in total. The van der Waals surface area contributed by atoms with Crippen molar-refractivity contribution in [1.82, 2.24) is 9.55 Å². The monoisotopic (exact) mass is 530 g/mol. The predicted octanol–water partition coefficient (Wildman–Crippen LogP) is 2.13. The fourth-order valence-corrected chi connectivity index (χ4v) is 3.26. The van der Waals surface area contributed by atoms with Gasteiger partial charge in [0.2, 0.25) is 0 Å². The molecular weight excluding hydrogens is 503 g/mol. The third-order valence-corrected chi connectivity index (χ3v) is 4.94. The Morgan fingerprint density at radius 1 is 1.17 bits per heavy atom. The number of hydrogen-bond acceptors (Lipinski definition) is 12. The van der Waals surface area contributed by atoms with Crippen LogP contribution in [0.5, 0.6) is 0 Å². The van der Waals surface area contributed by atoms with E-state index in [-0.39, 0.29) is 5.56 Å². The van der Waals surface area contributed by atoms with Crippen LogP contribution in [0.4, 0.5) is 9.59 Å². The summed E-state index contributed by atoms with van der Waals surface area (Å²) in [6.07, 6.45) is 5.02. The lowest BCUT2D eigenvalue weighted by atomic mass is 10.1. The highest BCUT2D eigenvalue weighted by atomic mass is 31.1. The molecule has 0 amide bonds. The van der Waals surface area contributed by atoms with E-state index in [1.54, 1.807) is 27.7 Å². The van der Waals surface area contributed by atoms with Gasteiger partial charge in [-0.2, -0.15) is 0 Å². The van der Waals surface area contributed by atoms with Gasteiger partial charge in [-0.1, -0.05) is 5.92 Å². The van der Waals surface area contributed by atoms with E-state index in [9.17, 15) is 23.7 Å². The molecule has 0 saturated heterocycles. The van der Waals surface area contributed by atoms with Gasteiger partial charge in [-0.3, -0.25) is 18.9 Å². The van der Waals surface area contributed by atoms with Gasteiger partial charge in [-0.25, -0.2) is 18.9 Å². The van der Waals surface area contributed by atoms with Crippen LogP contribution in [-0.2, 0) is 37.3 Å². The van der Waals surface area contributed by atoms with E-state index in [2.05, 4.69) is 10.9 Å². The summed E-state index contributed by atoms with van der Waals surface area (Å²) in [6.45, 7) is 5.03. The molecule has 36 heavy (non-hydrogen) atoms. The predicted molar refractivity (Wildman–Crippen MR) is 122 cm³/mol. The van der Waals surface area contributed by atoms with E-state index in [1.807, 2.05) is 0 Å². The number of hydrogen-bond donors (Lipinski definition) is 1. The number of carbonyl (C=O) groups excluding carboxylic acids is 2. The highest BCUT2D eigenvalue weighted by Gasteiger charge is 2.37. The highest BCUT2D eigenvalue weighted by Crippen LogP contribution is 2.34. The molecule has 0 aromatic carbocycles. The molecule has 1 aromatic rings. The first-order chi connectivity index (χ1) is 16.8. The summed E-state index contributed by atoms with van der Waals surface area (Å²) in [5.74, 6) is 2.33. The van der Waals surface area contributed by atoms with Gasteiger partial charge in [0, 0.05) is 11.8 Å². The Morgan fingerprint density at radius 3 is 2.28 bits per heavy atom. The first kappa shape index (κ1) is 28.9. The largest absolute Gasteiger partial charge is 0.513 e. The van der Waals surface area contributed by atoms with E-state index in [1.165, 1.54) is 25.3 Å². The average Bonchev–Trinajstić information content (AvgIpc) is 3.18. The molecule has 198 valence electrons. The van der Waals surface area contributed by atoms with Crippen molar-refractivity contribution < 1.29 is 46.9 Å². The van der Waals surface area contributed by atoms with Crippen LogP contribution in [-0.4, -0.2) is 52.8 Å². The SMILES string of the molecule is C#C[C@@]1(CO[PH](=O)OC(OC(=O)OC(C)C)OC(=O)OC(C)C)C=C[C@H](n2cc(C)c(=O)[nH]c2=O)O1. The van der Waals surface area contributed by atoms with Gasteiger partial charge in [0.05, 0.1) is 12.2 Å². The first-order valence-electron chi connectivity index (χ1n) is 10.6. The molecular formula is C21H27N2O12P. The second-order valence-corrected chi connectivity index (χ2v) is 8.92. The van der Waals surface area contributed by atoms with E-state index < -0.39 is 68.9 Å². The number of aromatic amines is 1. The number of terminal acetylenes is 1. The summed E-state index contributed by atoms with van der Waals surface area (Å²) < 4.78 is 48.2. The number of aromatic nitrogens is 2. The van der Waals surface area contributed by atoms with Crippen LogP contribution < -0.4 is 11.2 Å². The van der Waals surface area contributed by atoms with Crippen molar-refractivity contribution in [2.45, 2.75) is 65.1 Å². The lowest BCUT2D eigenvalue weighted by Gasteiger charge is -2.24. The maximum absolute atomic E-state index is 12.4. The summed E-state index contributed by atoms with van der Waals surface area (Å²) in [7, 11) is -3.51. The van der Waals surface area contributed by atoms with Gasteiger partial charge < -0.3 is 28.2 Å². The summed E-state index contributed by atoms with van der Waals surface area (Å²) in [5.41, 5.74) is -2.58. The standard InChI is InChI=1S/C21H27N2O12P/c1-7-21(9-8-15(34-21)23-10-14(6)16(24)22-17(23)25)11-29-36(28)35-20(32-18(26)30-12(2)3)33-19(27)31-13(4)5/h1,8-10,12-13,15,20,36H,11H2,2-6H3,(H,22,24,25)/t15-,21+/m1/s1. The molecule has 1 aliphatic rings. The van der Waals surface area contributed by atoms with E-state index in [4.69, 9.17) is 39.2 Å². The molecule has 1 unspecified atom stereocenters. The van der Waals surface area contributed by atoms with E-state index in [0.29, 0.717) is 0 Å². The van der Waals surface area contributed by atoms with Crippen molar-refractivity contribution in [1.29, 1.82) is 0 Å². The Bertz CT molecular complexity index is 1140. The molecule has 0 fully saturated rings. The molecule has 2 rings (SSSR count). The molecule has 0 radical (unpaired) electrons. The quantitative estimate of drug-likeness (QED) is 0.154.